The van der Waals surface area contributed by atoms with Gasteiger partial charge >= 0.3 is 0 Å². The number of nitrogens with zero attached hydrogens (tertiary/aromatic N) is 2. The van der Waals surface area contributed by atoms with Crippen LogP contribution in [0.3, 0.4) is 0 Å². The lowest BCUT2D eigenvalue weighted by molar-refractivity contribution is -0.645. The lowest BCUT2D eigenvalue weighted by Crippen LogP contribution is -2.42. The first-order valence-electron chi connectivity index (χ1n) is 12.2. The molecule has 0 unspecified atom stereocenters. The number of hydrogen-bond donors (Lipinski definition) is 0. The summed E-state index contributed by atoms with van der Waals surface area (Å²) in [6, 6.07) is 12.3. The Bertz CT molecular complexity index is 1230. The first kappa shape index (κ1) is 19.6. The van der Waals surface area contributed by atoms with Crippen LogP contribution in [0.25, 0.3) is 16.7 Å². The van der Waals surface area contributed by atoms with Gasteiger partial charge in [0.25, 0.3) is 0 Å². The molecule has 2 heteroatoms. The zero-order valence-electron chi connectivity index (χ0n) is 20.3. The molecular weight excluding hydrogens is 376 g/mol. The molecule has 0 saturated heterocycles. The van der Waals surface area contributed by atoms with Crippen molar-refractivity contribution in [1.29, 1.82) is 0 Å². The van der Waals surface area contributed by atoms with E-state index in [0.717, 1.165) is 11.8 Å². The molecule has 1 heterocycles. The fraction of sp³-hybridized carbons (Fsp3) is 0.552. The van der Waals surface area contributed by atoms with Crippen LogP contribution >= 0.6 is 0 Å². The molecule has 1 saturated carbocycles. The lowest BCUT2D eigenvalue weighted by atomic mass is 9.59. The second kappa shape index (κ2) is 5.82. The lowest BCUT2D eigenvalue weighted by Gasteiger charge is -2.44. The third-order valence-electron chi connectivity index (χ3n) is 10.5. The molecule has 0 atom stereocenters. The normalized spacial score (nSPS) is 26.8. The van der Waals surface area contributed by atoms with Crippen LogP contribution in [-0.2, 0) is 17.9 Å². The maximum atomic E-state index is 2.53. The molecule has 1 fully saturated rings. The predicted octanol–water partition coefficient (Wildman–Crippen LogP) is 6.80. The summed E-state index contributed by atoms with van der Waals surface area (Å²) in [5.41, 5.74) is 10.8. The van der Waals surface area contributed by atoms with E-state index in [9.17, 15) is 0 Å². The van der Waals surface area contributed by atoms with E-state index in [2.05, 4.69) is 94.4 Å². The van der Waals surface area contributed by atoms with Gasteiger partial charge < -0.3 is 0 Å². The Morgan fingerprint density at radius 2 is 1.35 bits per heavy atom. The summed E-state index contributed by atoms with van der Waals surface area (Å²) in [6.07, 6.45) is 7.83. The molecule has 3 aromatic rings. The van der Waals surface area contributed by atoms with E-state index < -0.39 is 0 Å². The largest absolute Gasteiger partial charge is 0.249 e. The fourth-order valence-electron chi connectivity index (χ4n) is 7.21. The summed E-state index contributed by atoms with van der Waals surface area (Å²) in [4.78, 5) is 0. The first-order chi connectivity index (χ1) is 14.5. The van der Waals surface area contributed by atoms with Crippen LogP contribution in [-0.4, -0.2) is 4.57 Å². The van der Waals surface area contributed by atoms with Gasteiger partial charge in [0, 0.05) is 0 Å². The van der Waals surface area contributed by atoms with Crippen molar-refractivity contribution in [3.63, 3.8) is 0 Å². The highest BCUT2D eigenvalue weighted by Crippen LogP contribution is 2.61. The van der Waals surface area contributed by atoms with Gasteiger partial charge in [-0.2, -0.15) is 4.57 Å². The Balaban J connectivity index is 1.56. The van der Waals surface area contributed by atoms with Crippen LogP contribution in [0.1, 0.15) is 101 Å². The topological polar surface area (TPSA) is 8.81 Å². The van der Waals surface area contributed by atoms with Gasteiger partial charge in [-0.1, -0.05) is 47.6 Å². The van der Waals surface area contributed by atoms with Crippen LogP contribution in [0, 0.1) is 5.41 Å². The van der Waals surface area contributed by atoms with Gasteiger partial charge in [0.1, 0.15) is 5.69 Å². The number of rotatable bonds is 1. The monoisotopic (exact) mass is 413 g/mol. The van der Waals surface area contributed by atoms with Crippen molar-refractivity contribution in [2.45, 2.75) is 89.9 Å². The van der Waals surface area contributed by atoms with E-state index >= 15 is 0 Å². The highest BCUT2D eigenvalue weighted by atomic mass is 15.1. The van der Waals surface area contributed by atoms with Crippen molar-refractivity contribution >= 4 is 11.0 Å². The fourth-order valence-corrected chi connectivity index (χ4v) is 7.21. The number of benzene rings is 2. The molecule has 4 aliphatic rings. The van der Waals surface area contributed by atoms with E-state index in [4.69, 9.17) is 0 Å². The summed E-state index contributed by atoms with van der Waals surface area (Å²) in [7, 11) is 2.20. The van der Waals surface area contributed by atoms with Gasteiger partial charge in [-0.15, -0.1) is 0 Å². The second-order valence-corrected chi connectivity index (χ2v) is 12.2. The van der Waals surface area contributed by atoms with Gasteiger partial charge in [0.2, 0.25) is 6.33 Å². The minimum Gasteiger partial charge on any atom is -0.232 e. The molecule has 0 radical (unpaired) electrons. The number of aryl methyl sites for hydroxylation is 1. The molecule has 162 valence electrons. The maximum Gasteiger partial charge on any atom is 0.249 e. The average Bonchev–Trinajstić information content (AvgIpc) is 3.12. The van der Waals surface area contributed by atoms with Crippen molar-refractivity contribution in [2.24, 2.45) is 12.5 Å². The summed E-state index contributed by atoms with van der Waals surface area (Å²) >= 11 is 0. The molecule has 0 N–H and O–H groups in total. The number of fused-ring (bicyclic) bond motifs is 4. The second-order valence-electron chi connectivity index (χ2n) is 12.2. The van der Waals surface area contributed by atoms with Crippen molar-refractivity contribution in [2.75, 3.05) is 0 Å². The summed E-state index contributed by atoms with van der Waals surface area (Å²) < 4.78 is 4.76. The molecule has 2 bridgehead atoms. The molecule has 1 aromatic heterocycles. The van der Waals surface area contributed by atoms with Crippen LogP contribution in [0.4, 0.5) is 0 Å². The highest BCUT2D eigenvalue weighted by Gasteiger charge is 2.56. The number of imidazole rings is 1. The maximum absolute atomic E-state index is 2.53. The summed E-state index contributed by atoms with van der Waals surface area (Å²) in [5, 5.41) is 0. The van der Waals surface area contributed by atoms with Gasteiger partial charge in [-0.25, -0.2) is 4.57 Å². The molecule has 2 nitrogen and oxygen atoms in total. The predicted molar refractivity (Wildman–Crippen MR) is 128 cm³/mol. The molecule has 0 aliphatic heterocycles. The molecular formula is C29H37N2+. The van der Waals surface area contributed by atoms with E-state index in [1.165, 1.54) is 53.5 Å². The highest BCUT2D eigenvalue weighted by molar-refractivity contribution is 5.77. The zero-order chi connectivity index (χ0) is 21.9. The summed E-state index contributed by atoms with van der Waals surface area (Å²) in [5.74, 6) is 1.57. The van der Waals surface area contributed by atoms with Gasteiger partial charge in [0.05, 0.1) is 7.05 Å². The van der Waals surface area contributed by atoms with Crippen LogP contribution in [0.2, 0.25) is 0 Å². The van der Waals surface area contributed by atoms with E-state index in [-0.39, 0.29) is 16.2 Å². The Morgan fingerprint density at radius 3 is 2.00 bits per heavy atom. The van der Waals surface area contributed by atoms with E-state index in [0.29, 0.717) is 0 Å². The molecule has 31 heavy (non-hydrogen) atoms. The van der Waals surface area contributed by atoms with Crippen LogP contribution in [0.5, 0.6) is 0 Å². The third-order valence-corrected chi connectivity index (χ3v) is 10.5. The quantitative estimate of drug-likeness (QED) is 0.388. The number of hydrogen-bond acceptors (Lipinski definition) is 0. The van der Waals surface area contributed by atoms with Gasteiger partial charge in [0.15, 0.2) is 11.0 Å². The Morgan fingerprint density at radius 1 is 0.774 bits per heavy atom. The van der Waals surface area contributed by atoms with Crippen molar-refractivity contribution < 1.29 is 4.57 Å². The Hall–Kier alpha value is -2.09. The SMILES string of the molecule is C[n+]1cn(-c2ccc3c(c2)C(C)(C)C(C)(C)C3(C)C)c2cc3c(cc21)C1CCC3CC1. The van der Waals surface area contributed by atoms with Crippen LogP contribution < -0.4 is 4.57 Å². The van der Waals surface area contributed by atoms with Gasteiger partial charge in [-0.05, 0) is 100 Å². The van der Waals surface area contributed by atoms with E-state index in [1.807, 2.05) is 0 Å². The zero-order valence-corrected chi connectivity index (χ0v) is 20.3. The van der Waals surface area contributed by atoms with Gasteiger partial charge in [-0.3, -0.25) is 0 Å². The first-order valence-corrected chi connectivity index (χ1v) is 12.2. The third kappa shape index (κ3) is 2.27. The Kier molecular flexibility index (Phi) is 3.68. The molecule has 4 aliphatic carbocycles. The standard InChI is InChI=1S/C29H37N2/c1-27(2)23-13-12-20(14-24(23)28(3,4)29(27,5)6)31-17-30(7)25-15-21-18-8-10-19(11-9-18)22(21)16-26(25)31/h12-19H,8-11H2,1-7H3/q+1. The molecule has 7 rings (SSSR count). The van der Waals surface area contributed by atoms with Crippen molar-refractivity contribution in [3.05, 3.63) is 58.9 Å². The summed E-state index contributed by atoms with van der Waals surface area (Å²) in [6.45, 7) is 14.6. The van der Waals surface area contributed by atoms with Crippen LogP contribution in [0.15, 0.2) is 36.7 Å². The Labute approximate surface area is 187 Å². The average molecular weight is 414 g/mol. The molecule has 0 amide bonds. The van der Waals surface area contributed by atoms with Crippen molar-refractivity contribution in [1.82, 2.24) is 4.57 Å². The van der Waals surface area contributed by atoms with Crippen molar-refractivity contribution in [3.8, 4) is 5.69 Å². The smallest absolute Gasteiger partial charge is 0.232 e. The minimum absolute atomic E-state index is 0.130. The minimum atomic E-state index is 0.130. The van der Waals surface area contributed by atoms with E-state index in [1.54, 1.807) is 11.1 Å². The molecule has 0 spiro atoms. The molecule has 2 aromatic carbocycles. The number of aromatic nitrogens is 2.